The molecule has 4 aliphatic rings. The highest BCUT2D eigenvalue weighted by Crippen LogP contribution is 2.59. The van der Waals surface area contributed by atoms with Gasteiger partial charge in [-0.1, -0.05) is 220 Å². The van der Waals surface area contributed by atoms with E-state index in [1.807, 2.05) is 0 Å². The normalized spacial score (nSPS) is 17.7. The quantitative estimate of drug-likeness (QED) is 0.160. The summed E-state index contributed by atoms with van der Waals surface area (Å²) in [7, 11) is 0. The molecule has 2 atom stereocenters. The summed E-state index contributed by atoms with van der Waals surface area (Å²) in [5, 5.41) is 2.54. The Morgan fingerprint density at radius 2 is 1.08 bits per heavy atom. The molecule has 0 bridgehead atoms. The van der Waals surface area contributed by atoms with Crippen LogP contribution in [-0.2, 0) is 10.8 Å². The van der Waals surface area contributed by atoms with Crippen LogP contribution in [0.3, 0.4) is 0 Å². The molecule has 4 heteroatoms. The van der Waals surface area contributed by atoms with Gasteiger partial charge >= 0.3 is 0 Å². The minimum atomic E-state index is -0.643. The fraction of sp³-hybridized carbons (Fsp3) is 0.119. The van der Waals surface area contributed by atoms with Crippen molar-refractivity contribution in [1.82, 2.24) is 19.5 Å². The highest BCUT2D eigenvalue weighted by Gasteiger charge is 2.47. The Morgan fingerprint density at radius 3 is 1.79 bits per heavy atom. The van der Waals surface area contributed by atoms with Gasteiger partial charge in [-0.05, 0) is 103 Å². The minimum Gasteiger partial charge on any atom is -0.333 e. The number of para-hydroxylation sites is 2. The Hall–Kier alpha value is -8.47. The molecule has 0 spiro atoms. The van der Waals surface area contributed by atoms with E-state index in [2.05, 4.69) is 249 Å². The molecule has 0 radical (unpaired) electrons. The van der Waals surface area contributed by atoms with Crippen molar-refractivity contribution < 1.29 is 0 Å². The summed E-state index contributed by atoms with van der Waals surface area (Å²) in [6, 6.07) is 69.9. The molecular weight excluding hydrogens is 861 g/mol. The second-order valence-corrected chi connectivity index (χ2v) is 20.2. The molecule has 0 fully saturated rings. The second kappa shape index (κ2) is 16.0. The van der Waals surface area contributed by atoms with Gasteiger partial charge in [0, 0.05) is 45.1 Å². The third-order valence-electron chi connectivity index (χ3n) is 16.0. The van der Waals surface area contributed by atoms with Gasteiger partial charge in [0.15, 0.2) is 11.6 Å². The van der Waals surface area contributed by atoms with Crippen LogP contribution in [0.25, 0.3) is 72.1 Å². The molecule has 71 heavy (non-hydrogen) atoms. The summed E-state index contributed by atoms with van der Waals surface area (Å²) in [6.45, 7) is 4.73. The maximum atomic E-state index is 5.47. The predicted octanol–water partition coefficient (Wildman–Crippen LogP) is 16.2. The zero-order valence-corrected chi connectivity index (χ0v) is 39.8. The third kappa shape index (κ3) is 6.27. The molecule has 2 unspecified atom stereocenters. The summed E-state index contributed by atoms with van der Waals surface area (Å²) in [6.07, 6.45) is 17.0. The number of allylic oxidation sites excluding steroid dienone is 8. The smallest absolute Gasteiger partial charge is 0.163 e. The molecule has 0 saturated carbocycles. The van der Waals surface area contributed by atoms with Gasteiger partial charge in [-0.3, -0.25) is 0 Å². The van der Waals surface area contributed by atoms with Gasteiger partial charge in [-0.15, -0.1) is 0 Å². The van der Waals surface area contributed by atoms with E-state index < -0.39 is 5.41 Å². The van der Waals surface area contributed by atoms with Crippen molar-refractivity contribution in [3.63, 3.8) is 0 Å². The SMILES string of the molecule is CC1(C)c2ccccc2-c2c(-c3ccc4c(c3)C(c3ccccc3)(c3ccccc3)c3cc(-c5nc(C6=CC=CC(n7c8ccccc8c8ccccc87)C6)nc(C6C=CC=CC6)n5)ccc3-4)cccc21. The number of fused-ring (bicyclic) bond motifs is 9. The van der Waals surface area contributed by atoms with Gasteiger partial charge in [0.1, 0.15) is 5.82 Å². The molecule has 2 heterocycles. The van der Waals surface area contributed by atoms with Crippen molar-refractivity contribution in [2.24, 2.45) is 0 Å². The number of hydrogen-bond donors (Lipinski definition) is 0. The lowest BCUT2D eigenvalue weighted by atomic mass is 9.67. The molecule has 14 rings (SSSR count). The van der Waals surface area contributed by atoms with Crippen LogP contribution < -0.4 is 0 Å². The Balaban J connectivity index is 0.943. The Kier molecular flexibility index (Phi) is 9.38. The van der Waals surface area contributed by atoms with Crippen LogP contribution in [0.4, 0.5) is 0 Å². The van der Waals surface area contributed by atoms with E-state index >= 15 is 0 Å². The molecule has 4 nitrogen and oxygen atoms in total. The summed E-state index contributed by atoms with van der Waals surface area (Å²) < 4.78 is 2.49. The highest BCUT2D eigenvalue weighted by molar-refractivity contribution is 6.08. The second-order valence-electron chi connectivity index (χ2n) is 20.2. The minimum absolute atomic E-state index is 0.0372. The maximum absolute atomic E-state index is 5.47. The van der Waals surface area contributed by atoms with Crippen LogP contribution in [-0.4, -0.2) is 19.5 Å². The van der Waals surface area contributed by atoms with Crippen molar-refractivity contribution >= 4 is 27.4 Å². The molecule has 10 aromatic rings. The third-order valence-corrected chi connectivity index (χ3v) is 16.0. The Labute approximate surface area is 414 Å². The first kappa shape index (κ1) is 41.5. The Morgan fingerprint density at radius 1 is 0.479 bits per heavy atom. The van der Waals surface area contributed by atoms with E-state index in [1.54, 1.807) is 0 Å². The number of nitrogens with zero attached hydrogens (tertiary/aromatic N) is 4. The largest absolute Gasteiger partial charge is 0.333 e. The highest BCUT2D eigenvalue weighted by atomic mass is 15.1. The van der Waals surface area contributed by atoms with Crippen molar-refractivity contribution in [2.75, 3.05) is 0 Å². The van der Waals surface area contributed by atoms with Gasteiger partial charge in [-0.25, -0.2) is 15.0 Å². The molecule has 0 saturated heterocycles. The number of rotatable bonds is 7. The van der Waals surface area contributed by atoms with E-state index in [9.17, 15) is 0 Å². The average Bonchev–Trinajstić information content (AvgIpc) is 4.02. The predicted molar refractivity (Wildman–Crippen MR) is 291 cm³/mol. The fourth-order valence-corrected chi connectivity index (χ4v) is 12.7. The van der Waals surface area contributed by atoms with E-state index in [-0.39, 0.29) is 17.4 Å². The van der Waals surface area contributed by atoms with Crippen LogP contribution in [0.1, 0.15) is 83.7 Å². The van der Waals surface area contributed by atoms with Crippen molar-refractivity contribution in [2.45, 2.75) is 49.5 Å². The van der Waals surface area contributed by atoms with Gasteiger partial charge in [0.2, 0.25) is 0 Å². The monoisotopic (exact) mass is 910 g/mol. The number of aromatic nitrogens is 4. The molecular formula is C67H50N4. The van der Waals surface area contributed by atoms with Crippen LogP contribution in [0.2, 0.25) is 0 Å². The first-order chi connectivity index (χ1) is 35.0. The lowest BCUT2D eigenvalue weighted by Gasteiger charge is -2.34. The first-order valence-corrected chi connectivity index (χ1v) is 25.1. The zero-order chi connectivity index (χ0) is 47.3. The molecule has 2 aromatic heterocycles. The van der Waals surface area contributed by atoms with Crippen LogP contribution in [0, 0.1) is 0 Å². The average molecular weight is 911 g/mol. The van der Waals surface area contributed by atoms with Gasteiger partial charge in [-0.2, -0.15) is 0 Å². The van der Waals surface area contributed by atoms with Crippen molar-refractivity contribution in [3.05, 3.63) is 276 Å². The summed E-state index contributed by atoms with van der Waals surface area (Å²) in [5.74, 6) is 2.25. The van der Waals surface area contributed by atoms with E-state index in [1.165, 1.54) is 88.6 Å². The van der Waals surface area contributed by atoms with Crippen LogP contribution >= 0.6 is 0 Å². The topological polar surface area (TPSA) is 43.6 Å². The van der Waals surface area contributed by atoms with Gasteiger partial charge < -0.3 is 4.57 Å². The van der Waals surface area contributed by atoms with Crippen LogP contribution in [0.15, 0.2) is 231 Å². The molecule has 0 amide bonds. The lowest BCUT2D eigenvalue weighted by Crippen LogP contribution is -2.28. The molecule has 338 valence electrons. The fourth-order valence-electron chi connectivity index (χ4n) is 12.7. The molecule has 0 N–H and O–H groups in total. The molecule has 0 aliphatic heterocycles. The first-order valence-electron chi connectivity index (χ1n) is 25.1. The Bertz CT molecular complexity index is 3830. The van der Waals surface area contributed by atoms with Crippen LogP contribution in [0.5, 0.6) is 0 Å². The van der Waals surface area contributed by atoms with E-state index in [0.29, 0.717) is 5.82 Å². The van der Waals surface area contributed by atoms with E-state index in [4.69, 9.17) is 15.0 Å². The summed E-state index contributed by atoms with van der Waals surface area (Å²) in [5.41, 5.74) is 19.1. The van der Waals surface area contributed by atoms with Gasteiger partial charge in [0.05, 0.1) is 11.5 Å². The summed E-state index contributed by atoms with van der Waals surface area (Å²) in [4.78, 5) is 16.2. The summed E-state index contributed by atoms with van der Waals surface area (Å²) >= 11 is 0. The van der Waals surface area contributed by atoms with Gasteiger partial charge in [0.25, 0.3) is 0 Å². The molecule has 8 aromatic carbocycles. The maximum Gasteiger partial charge on any atom is 0.163 e. The van der Waals surface area contributed by atoms with E-state index in [0.717, 1.165) is 35.6 Å². The zero-order valence-electron chi connectivity index (χ0n) is 39.8. The number of hydrogen-bond acceptors (Lipinski definition) is 3. The van der Waals surface area contributed by atoms with Crippen molar-refractivity contribution in [1.29, 1.82) is 0 Å². The van der Waals surface area contributed by atoms with Crippen molar-refractivity contribution in [3.8, 4) is 44.8 Å². The number of benzene rings is 8. The standard InChI is InChI=1S/C67H50N4/c1-66(2)56-32-15-12-30-55(56)62-50(31-19-33-57(62)66)44-36-38-51-52-39-37-46(42-59(52)67(58(51)41-44,47-23-8-4-9-24-47)48-25-10-5-11-26-48)65-69-63(43-20-6-3-7-21-43)68-64(70-65)45-22-18-27-49(40-45)71-60-34-16-13-28-53(60)54-29-14-17-35-61(54)71/h3-20,22-39,41-43,49H,21,40H2,1-2H3. The lowest BCUT2D eigenvalue weighted by molar-refractivity contribution is 0.652. The molecule has 4 aliphatic carbocycles.